The van der Waals surface area contributed by atoms with Crippen molar-refractivity contribution >= 4 is 112 Å². The maximum atomic E-state index is 2.63. The number of hydrogen-bond donors (Lipinski definition) is 0. The number of rotatable bonds is 12. The molecule has 0 fully saturated rings. The molecule has 9 aromatic carbocycles. The normalized spacial score (nSPS) is 12.6. The zero-order chi connectivity index (χ0) is 49.8. The Bertz CT molecular complexity index is 3900. The Kier molecular flexibility index (Phi) is 10.6. The summed E-state index contributed by atoms with van der Waals surface area (Å²) in [6, 6.07) is 75.9. The summed E-state index contributed by atoms with van der Waals surface area (Å²) in [5.41, 5.74) is 15.9. The highest BCUT2D eigenvalue weighted by atomic mass is 15.3. The van der Waals surface area contributed by atoms with E-state index < -0.39 is 0 Å². The molecule has 0 spiro atoms. The summed E-state index contributed by atoms with van der Waals surface area (Å²) in [5, 5.41) is 7.36. The largest absolute Gasteiger partial charge is 0.353 e. The second kappa shape index (κ2) is 17.3. The molecule has 7 heteroatoms. The Morgan fingerprint density at radius 1 is 0.342 bits per heavy atom. The van der Waals surface area contributed by atoms with Crippen LogP contribution < -0.4 is 36.0 Å². The van der Waals surface area contributed by atoms with Crippen LogP contribution in [0.25, 0.3) is 54.7 Å². The summed E-state index contributed by atoms with van der Waals surface area (Å²) in [6.07, 6.45) is 0. The van der Waals surface area contributed by atoms with Crippen LogP contribution in [-0.4, -0.2) is 40.0 Å². The highest BCUT2D eigenvalue weighted by Gasteiger charge is 2.43. The van der Waals surface area contributed by atoms with Crippen LogP contribution in [0.15, 0.2) is 200 Å². The molecule has 358 valence electrons. The number of fused-ring (bicyclic) bond motifs is 6. The lowest BCUT2D eigenvalue weighted by Gasteiger charge is -2.39. The van der Waals surface area contributed by atoms with Gasteiger partial charge in [-0.1, -0.05) is 121 Å². The first-order valence-corrected chi connectivity index (χ1v) is 26.3. The highest BCUT2D eigenvalue weighted by Crippen LogP contribution is 2.48. The number of benzene rings is 9. The van der Waals surface area contributed by atoms with Crippen LogP contribution in [0.4, 0.5) is 45.8 Å². The van der Waals surface area contributed by atoms with Gasteiger partial charge in [-0.25, -0.2) is 0 Å². The second-order valence-electron chi connectivity index (χ2n) is 21.3. The fraction of sp³-hybridized carbons (Fsp3) is 0.182. The van der Waals surface area contributed by atoms with Crippen LogP contribution in [-0.2, 0) is 0 Å². The van der Waals surface area contributed by atoms with Crippen molar-refractivity contribution in [2.45, 2.75) is 79.6 Å². The third kappa shape index (κ3) is 6.85. The summed E-state index contributed by atoms with van der Waals surface area (Å²) < 4.78 is 5.27. The number of hydrogen-bond acceptors (Lipinski definition) is 4. The molecule has 73 heavy (non-hydrogen) atoms. The van der Waals surface area contributed by atoms with Crippen LogP contribution >= 0.6 is 0 Å². The summed E-state index contributed by atoms with van der Waals surface area (Å²) >= 11 is 0. The molecular weight excluding hydrogens is 888 g/mol. The molecule has 0 N–H and O–H groups in total. The van der Waals surface area contributed by atoms with Gasteiger partial charge in [-0.2, -0.15) is 0 Å². The molecule has 4 heterocycles. The van der Waals surface area contributed by atoms with E-state index in [0.717, 1.165) is 34.1 Å². The molecular formula is C66H61BN6. The number of nitrogens with zero attached hydrogens (tertiary/aromatic N) is 6. The third-order valence-electron chi connectivity index (χ3n) is 15.6. The lowest BCUT2D eigenvalue weighted by molar-refractivity contribution is 0.596. The van der Waals surface area contributed by atoms with Crippen molar-refractivity contribution in [3.05, 3.63) is 200 Å². The van der Waals surface area contributed by atoms with Crippen LogP contribution in [0.5, 0.6) is 0 Å². The van der Waals surface area contributed by atoms with E-state index in [1.165, 1.54) is 82.7 Å². The van der Waals surface area contributed by atoms with Gasteiger partial charge in [0.1, 0.15) is 11.6 Å². The minimum absolute atomic E-state index is 0.0310. The summed E-state index contributed by atoms with van der Waals surface area (Å²) in [5.74, 6) is 2.43. The van der Waals surface area contributed by atoms with E-state index in [4.69, 9.17) is 0 Å². The van der Waals surface area contributed by atoms with Gasteiger partial charge in [-0.3, -0.25) is 9.13 Å². The molecule has 0 saturated carbocycles. The Morgan fingerprint density at radius 2 is 0.795 bits per heavy atom. The topological polar surface area (TPSA) is 22.8 Å². The molecule has 0 atom stereocenters. The van der Waals surface area contributed by atoms with Crippen LogP contribution in [0.3, 0.4) is 0 Å². The molecule has 2 aromatic heterocycles. The molecule has 0 unspecified atom stereocenters. The van der Waals surface area contributed by atoms with E-state index >= 15 is 0 Å². The van der Waals surface area contributed by atoms with Gasteiger partial charge in [0.2, 0.25) is 0 Å². The van der Waals surface area contributed by atoms with E-state index in [9.17, 15) is 0 Å². The first kappa shape index (κ1) is 44.8. The lowest BCUT2D eigenvalue weighted by Crippen LogP contribution is -2.59. The number of anilines is 8. The van der Waals surface area contributed by atoms with Crippen LogP contribution in [0, 0.1) is 0 Å². The Morgan fingerprint density at radius 3 is 1.36 bits per heavy atom. The molecule has 13 rings (SSSR count). The van der Waals surface area contributed by atoms with Gasteiger partial charge >= 0.3 is 0 Å². The van der Waals surface area contributed by atoms with Gasteiger partial charge in [0.15, 0.2) is 0 Å². The Balaban J connectivity index is 1.13. The lowest BCUT2D eigenvalue weighted by atomic mass is 9.34. The van der Waals surface area contributed by atoms with Crippen molar-refractivity contribution in [1.29, 1.82) is 0 Å². The van der Waals surface area contributed by atoms with Crippen LogP contribution in [0.1, 0.15) is 55.4 Å². The predicted molar refractivity (Wildman–Crippen MR) is 315 cm³/mol. The van der Waals surface area contributed by atoms with Gasteiger partial charge in [0.25, 0.3) is 6.71 Å². The van der Waals surface area contributed by atoms with E-state index in [1.807, 2.05) is 0 Å². The van der Waals surface area contributed by atoms with E-state index in [0.29, 0.717) is 0 Å². The molecule has 0 saturated heterocycles. The average Bonchev–Trinajstić information content (AvgIpc) is 3.99. The molecule has 0 aliphatic carbocycles. The molecule has 11 aromatic rings. The Labute approximate surface area is 430 Å². The van der Waals surface area contributed by atoms with Gasteiger partial charge in [-0.05, 0) is 167 Å². The highest BCUT2D eigenvalue weighted by molar-refractivity contribution is 7.00. The van der Waals surface area contributed by atoms with E-state index in [2.05, 4.69) is 284 Å². The zero-order valence-electron chi connectivity index (χ0n) is 43.1. The predicted octanol–water partition coefficient (Wildman–Crippen LogP) is 15.2. The molecule has 2 aliphatic rings. The molecule has 2 aliphatic heterocycles. The fourth-order valence-electron chi connectivity index (χ4n) is 13.0. The van der Waals surface area contributed by atoms with Gasteiger partial charge in [-0.15, -0.1) is 0 Å². The SMILES string of the molecule is CC(C)N(c1cc2c(N(c3ccccc3)c3ccc4ccccc4c3)ccc3c2n1-c1cccc2c1B3c1ccc(N(c3ccccc3)c3cccc4ccccc34)c3cc(N(C(C)C)C(C)C)n-2c13)C(C)C. The van der Waals surface area contributed by atoms with Crippen molar-refractivity contribution in [1.82, 2.24) is 9.13 Å². The quantitative estimate of drug-likeness (QED) is 0.114. The second-order valence-corrected chi connectivity index (χ2v) is 21.3. The first-order valence-electron chi connectivity index (χ1n) is 26.3. The standard InChI is InChI=1S/C66H61BN6/c1-42(2)68(43(3)4)62-40-53-58(70(49-25-11-9-12-26-49)51-34-33-46-21-15-16-23-48(46)39-51)37-35-55-65(53)72(62)60-31-20-32-61-64(60)67(55)56-36-38-59(54-41-63(73(61)66(54)56)69(44(5)6)45(7)8)71(50-27-13-10-14-28-50)57-30-19-24-47-22-17-18-29-52(47)57/h9-45H,1-8H3. The first-order chi connectivity index (χ1) is 35.6. The summed E-state index contributed by atoms with van der Waals surface area (Å²) in [7, 11) is 0. The zero-order valence-corrected chi connectivity index (χ0v) is 43.1. The molecule has 0 bridgehead atoms. The van der Waals surface area contributed by atoms with Crippen molar-refractivity contribution in [3.63, 3.8) is 0 Å². The van der Waals surface area contributed by atoms with Crippen molar-refractivity contribution < 1.29 is 0 Å². The minimum atomic E-state index is -0.0310. The van der Waals surface area contributed by atoms with Crippen molar-refractivity contribution in [2.24, 2.45) is 0 Å². The average molecular weight is 949 g/mol. The van der Waals surface area contributed by atoms with Crippen molar-refractivity contribution in [2.75, 3.05) is 19.6 Å². The number of aromatic nitrogens is 2. The maximum Gasteiger partial charge on any atom is 0.252 e. The molecule has 0 amide bonds. The van der Waals surface area contributed by atoms with Gasteiger partial charge < -0.3 is 19.6 Å². The Hall–Kier alpha value is -8.16. The third-order valence-corrected chi connectivity index (χ3v) is 15.6. The molecule has 6 nitrogen and oxygen atoms in total. The van der Waals surface area contributed by atoms with Gasteiger partial charge in [0.05, 0.1) is 28.1 Å². The number of para-hydroxylation sites is 2. The summed E-state index contributed by atoms with van der Waals surface area (Å²) in [4.78, 5) is 10.2. The van der Waals surface area contributed by atoms with Crippen molar-refractivity contribution in [3.8, 4) is 11.4 Å². The fourth-order valence-corrected chi connectivity index (χ4v) is 13.0. The molecule has 0 radical (unpaired) electrons. The smallest absolute Gasteiger partial charge is 0.252 e. The minimum Gasteiger partial charge on any atom is -0.353 e. The monoisotopic (exact) mass is 949 g/mol. The van der Waals surface area contributed by atoms with E-state index in [-0.39, 0.29) is 30.9 Å². The maximum absolute atomic E-state index is 2.63. The summed E-state index contributed by atoms with van der Waals surface area (Å²) in [6.45, 7) is 18.7. The van der Waals surface area contributed by atoms with Gasteiger partial charge in [0, 0.05) is 68.8 Å². The van der Waals surface area contributed by atoms with E-state index in [1.54, 1.807) is 0 Å². The van der Waals surface area contributed by atoms with Crippen LogP contribution in [0.2, 0.25) is 0 Å².